The molecular weight excluding hydrogens is 258 g/mol. The number of hydrogen-bond acceptors (Lipinski definition) is 4. The Labute approximate surface area is 118 Å². The molecule has 0 unspecified atom stereocenters. The molecule has 1 fully saturated rings. The van der Waals surface area contributed by atoms with Gasteiger partial charge >= 0.3 is 0 Å². The second kappa shape index (κ2) is 5.33. The van der Waals surface area contributed by atoms with Gasteiger partial charge in [0.2, 0.25) is 5.91 Å². The lowest BCUT2D eigenvalue weighted by atomic mass is 9.96. The van der Waals surface area contributed by atoms with Crippen molar-refractivity contribution in [2.45, 2.75) is 38.5 Å². The fourth-order valence-corrected chi connectivity index (χ4v) is 2.96. The van der Waals surface area contributed by atoms with E-state index in [0.717, 1.165) is 5.56 Å². The van der Waals surface area contributed by atoms with Crippen LogP contribution in [0.25, 0.3) is 0 Å². The molecule has 2 heterocycles. The molecule has 1 aliphatic rings. The number of pyridine rings is 1. The summed E-state index contributed by atoms with van der Waals surface area (Å²) in [6.07, 6.45) is 3.51. The molecule has 1 saturated heterocycles. The maximum atomic E-state index is 12.0. The van der Waals surface area contributed by atoms with Gasteiger partial charge in [0.1, 0.15) is 4.75 Å². The van der Waals surface area contributed by atoms with E-state index in [1.54, 1.807) is 12.4 Å². The smallest absolute Gasteiger partial charge is 0.242 e. The van der Waals surface area contributed by atoms with E-state index < -0.39 is 4.75 Å². The Bertz CT molecular complexity index is 501. The molecule has 0 saturated carbocycles. The molecule has 5 heteroatoms. The summed E-state index contributed by atoms with van der Waals surface area (Å²) in [6, 6.07) is 3.90. The first kappa shape index (κ1) is 14.1. The van der Waals surface area contributed by atoms with Gasteiger partial charge in [-0.3, -0.25) is 14.8 Å². The highest BCUT2D eigenvalue weighted by Crippen LogP contribution is 2.38. The van der Waals surface area contributed by atoms with Crippen molar-refractivity contribution < 1.29 is 4.79 Å². The predicted molar refractivity (Wildman–Crippen MR) is 79.1 cm³/mol. The van der Waals surface area contributed by atoms with Gasteiger partial charge in [-0.1, -0.05) is 25.6 Å². The van der Waals surface area contributed by atoms with E-state index in [-0.39, 0.29) is 17.9 Å². The summed E-state index contributed by atoms with van der Waals surface area (Å²) in [4.78, 5) is 20.6. The molecule has 1 aromatic heterocycles. The van der Waals surface area contributed by atoms with E-state index in [9.17, 15) is 4.79 Å². The first-order valence-electron chi connectivity index (χ1n) is 6.41. The standard InChI is InChI=1S/C14H19N3OS/c1-9(2)14(4)12(18)17-13(19-14)16-10(3)11-5-7-15-8-6-11/h5-10H,1-4H3,(H,16,17,18)/t10-,14-/m1/s1. The molecule has 0 bridgehead atoms. The van der Waals surface area contributed by atoms with Gasteiger partial charge in [0.05, 0.1) is 6.04 Å². The number of amides is 1. The summed E-state index contributed by atoms with van der Waals surface area (Å²) in [7, 11) is 0. The Morgan fingerprint density at radius 2 is 1.95 bits per heavy atom. The third-order valence-electron chi connectivity index (χ3n) is 3.58. The van der Waals surface area contributed by atoms with Crippen molar-refractivity contribution in [2.75, 3.05) is 0 Å². The average molecular weight is 277 g/mol. The molecule has 4 nitrogen and oxygen atoms in total. The molecule has 1 amide bonds. The largest absolute Gasteiger partial charge is 0.304 e. The van der Waals surface area contributed by atoms with Crippen molar-refractivity contribution in [3.63, 3.8) is 0 Å². The SMILES string of the molecule is CC(C)[C@@]1(C)SC(=N[C@H](C)c2ccncc2)NC1=O. The van der Waals surface area contributed by atoms with Crippen LogP contribution in [-0.4, -0.2) is 20.8 Å². The number of aliphatic imine (C=N–C) groups is 1. The number of carbonyl (C=O) groups is 1. The molecule has 0 aliphatic carbocycles. The molecule has 0 spiro atoms. The summed E-state index contributed by atoms with van der Waals surface area (Å²) in [5.41, 5.74) is 1.09. The molecule has 2 atom stereocenters. The Morgan fingerprint density at radius 3 is 2.47 bits per heavy atom. The molecule has 19 heavy (non-hydrogen) atoms. The summed E-state index contributed by atoms with van der Waals surface area (Å²) in [5.74, 6) is 0.314. The number of nitrogens with one attached hydrogen (secondary N) is 1. The van der Waals surface area contributed by atoms with Crippen LogP contribution in [0.5, 0.6) is 0 Å². The molecule has 1 N–H and O–H groups in total. The number of aromatic nitrogens is 1. The zero-order valence-electron chi connectivity index (χ0n) is 11.7. The normalized spacial score (nSPS) is 26.8. The number of carbonyl (C=O) groups excluding carboxylic acids is 1. The predicted octanol–water partition coefficient (Wildman–Crippen LogP) is 2.78. The molecule has 1 aliphatic heterocycles. The number of rotatable bonds is 3. The van der Waals surface area contributed by atoms with E-state index in [1.165, 1.54) is 11.8 Å². The molecule has 1 aromatic rings. The third-order valence-corrected chi connectivity index (χ3v) is 5.06. The maximum Gasteiger partial charge on any atom is 0.242 e. The van der Waals surface area contributed by atoms with Crippen molar-refractivity contribution >= 4 is 22.8 Å². The van der Waals surface area contributed by atoms with Gasteiger partial charge in [-0.15, -0.1) is 0 Å². The van der Waals surface area contributed by atoms with E-state index >= 15 is 0 Å². The molecule has 102 valence electrons. The Hall–Kier alpha value is -1.36. The highest BCUT2D eigenvalue weighted by atomic mass is 32.2. The van der Waals surface area contributed by atoms with Crippen LogP contribution in [0.3, 0.4) is 0 Å². The van der Waals surface area contributed by atoms with Crippen LogP contribution in [0.15, 0.2) is 29.5 Å². The van der Waals surface area contributed by atoms with Gasteiger partial charge in [0.25, 0.3) is 0 Å². The van der Waals surface area contributed by atoms with Crippen molar-refractivity contribution in [2.24, 2.45) is 10.9 Å². The molecule has 0 radical (unpaired) electrons. The van der Waals surface area contributed by atoms with Crippen LogP contribution in [0.4, 0.5) is 0 Å². The number of thioether (sulfide) groups is 1. The lowest BCUT2D eigenvalue weighted by Crippen LogP contribution is -2.38. The minimum atomic E-state index is -0.420. The average Bonchev–Trinajstić information content (AvgIpc) is 2.67. The van der Waals surface area contributed by atoms with Gasteiger partial charge < -0.3 is 5.32 Å². The highest BCUT2D eigenvalue weighted by molar-refractivity contribution is 8.16. The summed E-state index contributed by atoms with van der Waals surface area (Å²) < 4.78 is -0.420. The quantitative estimate of drug-likeness (QED) is 0.924. The van der Waals surface area contributed by atoms with E-state index in [2.05, 4.69) is 29.1 Å². The van der Waals surface area contributed by atoms with E-state index in [4.69, 9.17) is 0 Å². The maximum absolute atomic E-state index is 12.0. The minimum absolute atomic E-state index is 0.0142. The van der Waals surface area contributed by atoms with Crippen molar-refractivity contribution in [3.8, 4) is 0 Å². The van der Waals surface area contributed by atoms with Gasteiger partial charge in [0.15, 0.2) is 5.17 Å². The van der Waals surface area contributed by atoms with Gasteiger partial charge in [-0.05, 0) is 37.5 Å². The zero-order chi connectivity index (χ0) is 14.0. The van der Waals surface area contributed by atoms with Crippen LogP contribution < -0.4 is 5.32 Å². The lowest BCUT2D eigenvalue weighted by molar-refractivity contribution is -0.122. The fourth-order valence-electron chi connectivity index (χ4n) is 1.82. The van der Waals surface area contributed by atoms with Gasteiger partial charge in [-0.25, -0.2) is 0 Å². The number of amidine groups is 1. The summed E-state index contributed by atoms with van der Waals surface area (Å²) in [5, 5.41) is 3.60. The Balaban J connectivity index is 2.17. The molecule has 0 aromatic carbocycles. The van der Waals surface area contributed by atoms with Crippen molar-refractivity contribution in [1.82, 2.24) is 10.3 Å². The van der Waals surface area contributed by atoms with Crippen molar-refractivity contribution in [1.29, 1.82) is 0 Å². The lowest BCUT2D eigenvalue weighted by Gasteiger charge is -2.22. The summed E-state index contributed by atoms with van der Waals surface area (Å²) in [6.45, 7) is 8.10. The number of hydrogen-bond donors (Lipinski definition) is 1. The van der Waals surface area contributed by atoms with Crippen LogP contribution in [-0.2, 0) is 4.79 Å². The van der Waals surface area contributed by atoms with E-state index in [0.29, 0.717) is 5.17 Å². The monoisotopic (exact) mass is 277 g/mol. The molecule has 2 rings (SSSR count). The van der Waals surface area contributed by atoms with Crippen LogP contribution in [0.2, 0.25) is 0 Å². The molecular formula is C14H19N3OS. The first-order chi connectivity index (χ1) is 8.93. The zero-order valence-corrected chi connectivity index (χ0v) is 12.5. The van der Waals surface area contributed by atoms with Crippen LogP contribution in [0, 0.1) is 5.92 Å². The second-order valence-electron chi connectivity index (χ2n) is 5.21. The second-order valence-corrected chi connectivity index (χ2v) is 6.65. The Kier molecular flexibility index (Phi) is 3.94. The topological polar surface area (TPSA) is 54.4 Å². The van der Waals surface area contributed by atoms with Gasteiger partial charge in [0, 0.05) is 12.4 Å². The minimum Gasteiger partial charge on any atom is -0.304 e. The van der Waals surface area contributed by atoms with Crippen LogP contribution in [0.1, 0.15) is 39.3 Å². The highest BCUT2D eigenvalue weighted by Gasteiger charge is 2.44. The Morgan fingerprint density at radius 1 is 1.32 bits per heavy atom. The van der Waals surface area contributed by atoms with Crippen LogP contribution >= 0.6 is 11.8 Å². The van der Waals surface area contributed by atoms with E-state index in [1.807, 2.05) is 26.0 Å². The third kappa shape index (κ3) is 2.81. The van der Waals surface area contributed by atoms with Gasteiger partial charge in [-0.2, -0.15) is 0 Å². The number of nitrogens with zero attached hydrogens (tertiary/aromatic N) is 2. The fraction of sp³-hybridized carbons (Fsp3) is 0.500. The first-order valence-corrected chi connectivity index (χ1v) is 7.23. The van der Waals surface area contributed by atoms with Crippen molar-refractivity contribution in [3.05, 3.63) is 30.1 Å². The summed E-state index contributed by atoms with van der Waals surface area (Å²) >= 11 is 1.53.